The molecule has 8 nitrogen and oxygen atoms in total. The second-order valence-electron chi connectivity index (χ2n) is 8.82. The number of carbonyl (C=O) groups excluding carboxylic acids is 3. The third kappa shape index (κ3) is 5.43. The van der Waals surface area contributed by atoms with Gasteiger partial charge < -0.3 is 24.8 Å². The molecule has 3 rings (SSSR count). The number of anilines is 1. The highest BCUT2D eigenvalue weighted by Gasteiger charge is 2.57. The van der Waals surface area contributed by atoms with Gasteiger partial charge >= 0.3 is 5.97 Å². The molecule has 0 aromatic heterocycles. The lowest BCUT2D eigenvalue weighted by Crippen LogP contribution is -2.44. The fourth-order valence-electron chi connectivity index (χ4n) is 5.15. The predicted octanol–water partition coefficient (Wildman–Crippen LogP) is 3.01. The Labute approximate surface area is 201 Å². The molecule has 2 amide bonds. The summed E-state index contributed by atoms with van der Waals surface area (Å²) in [4.78, 5) is 41.7. The van der Waals surface area contributed by atoms with Crippen LogP contribution in [0.15, 0.2) is 36.4 Å². The number of rotatable bonds is 11. The highest BCUT2D eigenvalue weighted by Crippen LogP contribution is 2.45. The van der Waals surface area contributed by atoms with Gasteiger partial charge in [-0.05, 0) is 62.8 Å². The Kier molecular flexibility index (Phi) is 9.10. The van der Waals surface area contributed by atoms with Crippen LogP contribution in [0.4, 0.5) is 5.69 Å². The smallest absolute Gasteiger partial charge is 0.310 e. The van der Waals surface area contributed by atoms with Gasteiger partial charge in [0.1, 0.15) is 11.8 Å². The molecule has 2 N–H and O–H groups in total. The van der Waals surface area contributed by atoms with Gasteiger partial charge in [-0.2, -0.15) is 0 Å². The van der Waals surface area contributed by atoms with Crippen molar-refractivity contribution in [1.29, 1.82) is 0 Å². The molecule has 0 radical (unpaired) electrons. The minimum Gasteiger partial charge on any atom is -0.497 e. The van der Waals surface area contributed by atoms with Crippen LogP contribution in [-0.4, -0.2) is 60.7 Å². The molecule has 1 saturated heterocycles. The molecule has 0 bridgehead atoms. The van der Waals surface area contributed by atoms with Crippen LogP contribution >= 0.6 is 0 Å². The van der Waals surface area contributed by atoms with Crippen molar-refractivity contribution in [2.75, 3.05) is 32.2 Å². The number of amides is 2. The van der Waals surface area contributed by atoms with Gasteiger partial charge in [-0.1, -0.05) is 19.1 Å². The summed E-state index contributed by atoms with van der Waals surface area (Å²) in [6.45, 7) is 4.47. The molecule has 5 atom stereocenters. The zero-order chi connectivity index (χ0) is 24.7. The Hall–Kier alpha value is -2.87. The Morgan fingerprint density at radius 3 is 2.44 bits per heavy atom. The number of likely N-dealkylation sites (tertiary alicyclic amines) is 1. The van der Waals surface area contributed by atoms with Crippen LogP contribution in [0.3, 0.4) is 0 Å². The van der Waals surface area contributed by atoms with Crippen molar-refractivity contribution in [1.82, 2.24) is 4.90 Å². The first-order valence-electron chi connectivity index (χ1n) is 12.2. The number of carbonyl (C=O) groups is 3. The quantitative estimate of drug-likeness (QED) is 0.291. The van der Waals surface area contributed by atoms with E-state index in [9.17, 15) is 14.4 Å². The lowest BCUT2D eigenvalue weighted by Gasteiger charge is -2.33. The first kappa shape index (κ1) is 25.7. The van der Waals surface area contributed by atoms with E-state index in [0.717, 1.165) is 6.42 Å². The summed E-state index contributed by atoms with van der Waals surface area (Å²) in [5.41, 5.74) is 0.607. The number of methoxy groups -OCH3 is 1. The van der Waals surface area contributed by atoms with Gasteiger partial charge in [0.05, 0.1) is 25.6 Å². The van der Waals surface area contributed by atoms with Crippen LogP contribution in [0.5, 0.6) is 5.75 Å². The number of aliphatic hydroxyl groups is 1. The van der Waals surface area contributed by atoms with Crippen molar-refractivity contribution in [3.8, 4) is 5.75 Å². The zero-order valence-electron chi connectivity index (χ0n) is 20.2. The van der Waals surface area contributed by atoms with Crippen molar-refractivity contribution < 1.29 is 29.0 Å². The largest absolute Gasteiger partial charge is 0.497 e. The first-order chi connectivity index (χ1) is 16.5. The average molecular weight is 473 g/mol. The Morgan fingerprint density at radius 2 is 1.82 bits per heavy atom. The number of fused-ring (bicyclic) bond motifs is 1. The summed E-state index contributed by atoms with van der Waals surface area (Å²) in [5.74, 6) is -1.91. The van der Waals surface area contributed by atoms with Gasteiger partial charge in [0.25, 0.3) is 0 Å². The number of nitrogens with zero attached hydrogens (tertiary/aromatic N) is 1. The highest BCUT2D eigenvalue weighted by atomic mass is 16.5. The second kappa shape index (κ2) is 12.0. The van der Waals surface area contributed by atoms with Crippen molar-refractivity contribution in [2.45, 2.75) is 45.6 Å². The van der Waals surface area contributed by atoms with Crippen LogP contribution in [0, 0.1) is 23.7 Å². The van der Waals surface area contributed by atoms with E-state index in [2.05, 4.69) is 5.32 Å². The van der Waals surface area contributed by atoms with Crippen LogP contribution in [-0.2, 0) is 19.1 Å². The normalized spacial score (nSPS) is 25.7. The lowest BCUT2D eigenvalue weighted by atomic mass is 9.69. The van der Waals surface area contributed by atoms with Crippen molar-refractivity contribution in [3.63, 3.8) is 0 Å². The van der Waals surface area contributed by atoms with Crippen LogP contribution in [0.1, 0.15) is 39.5 Å². The van der Waals surface area contributed by atoms with E-state index in [4.69, 9.17) is 14.6 Å². The minimum absolute atomic E-state index is 0.0897. The number of nitrogens with one attached hydrogen (secondary N) is 1. The third-order valence-electron chi connectivity index (χ3n) is 6.83. The van der Waals surface area contributed by atoms with E-state index in [1.165, 1.54) is 0 Å². The van der Waals surface area contributed by atoms with E-state index in [-0.39, 0.29) is 36.9 Å². The summed E-state index contributed by atoms with van der Waals surface area (Å²) >= 11 is 0. The number of hydrogen-bond acceptors (Lipinski definition) is 6. The second-order valence-corrected chi connectivity index (χ2v) is 8.82. The third-order valence-corrected chi connectivity index (χ3v) is 6.83. The van der Waals surface area contributed by atoms with E-state index < -0.39 is 23.8 Å². The average Bonchev–Trinajstić information content (AvgIpc) is 3.13. The maximum atomic E-state index is 13.7. The minimum atomic E-state index is -0.722. The molecule has 2 aliphatic rings. The fraction of sp³-hybridized carbons (Fsp3) is 0.577. The van der Waals surface area contributed by atoms with Gasteiger partial charge in [-0.25, -0.2) is 0 Å². The molecule has 1 aliphatic heterocycles. The van der Waals surface area contributed by atoms with Crippen molar-refractivity contribution >= 4 is 23.5 Å². The molecule has 186 valence electrons. The first-order valence-corrected chi connectivity index (χ1v) is 12.2. The maximum absolute atomic E-state index is 13.7. The summed E-state index contributed by atoms with van der Waals surface area (Å²) in [6, 6.07) is 6.30. The number of esters is 1. The van der Waals surface area contributed by atoms with Crippen LogP contribution in [0.25, 0.3) is 0 Å². The summed E-state index contributed by atoms with van der Waals surface area (Å²) in [7, 11) is 1.57. The molecule has 0 saturated carbocycles. The van der Waals surface area contributed by atoms with Crippen molar-refractivity contribution in [2.24, 2.45) is 23.7 Å². The number of benzene rings is 1. The molecule has 34 heavy (non-hydrogen) atoms. The van der Waals surface area contributed by atoms with E-state index in [1.54, 1.807) is 43.2 Å². The molecule has 1 aromatic carbocycles. The Balaban J connectivity index is 1.90. The van der Waals surface area contributed by atoms with Crippen LogP contribution in [0.2, 0.25) is 0 Å². The predicted molar refractivity (Wildman–Crippen MR) is 128 cm³/mol. The Morgan fingerprint density at radius 1 is 1.09 bits per heavy atom. The number of ether oxygens (including phenoxy) is 2. The van der Waals surface area contributed by atoms with Crippen LogP contribution < -0.4 is 10.1 Å². The molecule has 8 heteroatoms. The topological polar surface area (TPSA) is 105 Å². The monoisotopic (exact) mass is 472 g/mol. The number of hydrogen-bond donors (Lipinski definition) is 2. The molecule has 1 aliphatic carbocycles. The lowest BCUT2D eigenvalue weighted by molar-refractivity contribution is -0.155. The van der Waals surface area contributed by atoms with Gasteiger partial charge in [0, 0.05) is 24.8 Å². The fourth-order valence-corrected chi connectivity index (χ4v) is 5.15. The molecular formula is C26H36N2O6. The number of unbranched alkanes of at least 4 members (excludes halogenated alkanes) is 2. The van der Waals surface area contributed by atoms with Gasteiger partial charge in [0.2, 0.25) is 11.8 Å². The van der Waals surface area contributed by atoms with E-state index >= 15 is 0 Å². The number of aliphatic hydroxyl groups excluding tert-OH is 1. The standard InChI is InChI=1S/C26H36N2O6/c1-4-17-9-14-20-22(21(17)26(32)34-5-2)25(31)28(15-7-6-8-16-29)23(20)24(30)27-18-10-12-19(33-3)13-11-18/h9-14,17,20-23,29H,4-8,15-16H2,1-3H3,(H,27,30)/t17-,20+,21-,22-,23+/m1/s1. The molecular weight excluding hydrogens is 436 g/mol. The molecule has 1 heterocycles. The van der Waals surface area contributed by atoms with Gasteiger partial charge in [-0.15, -0.1) is 0 Å². The highest BCUT2D eigenvalue weighted by molar-refractivity contribution is 6.01. The maximum Gasteiger partial charge on any atom is 0.310 e. The molecule has 0 spiro atoms. The molecule has 1 aromatic rings. The molecule has 1 fully saturated rings. The van der Waals surface area contributed by atoms with E-state index in [0.29, 0.717) is 37.2 Å². The summed E-state index contributed by atoms with van der Waals surface area (Å²) in [6.07, 6.45) is 6.67. The van der Waals surface area contributed by atoms with Gasteiger partial charge in [-0.3, -0.25) is 14.4 Å². The Bertz CT molecular complexity index is 884. The summed E-state index contributed by atoms with van der Waals surface area (Å²) < 4.78 is 10.5. The number of allylic oxidation sites excluding steroid dienone is 1. The summed E-state index contributed by atoms with van der Waals surface area (Å²) in [5, 5.41) is 12.0. The molecule has 0 unspecified atom stereocenters. The zero-order valence-corrected chi connectivity index (χ0v) is 20.2. The van der Waals surface area contributed by atoms with E-state index in [1.807, 2.05) is 19.1 Å². The van der Waals surface area contributed by atoms with Crippen molar-refractivity contribution in [3.05, 3.63) is 36.4 Å². The van der Waals surface area contributed by atoms with Gasteiger partial charge in [0.15, 0.2) is 0 Å². The SMILES string of the molecule is CCOC(=O)[C@H]1[C@@H]2C(=O)N(CCCCCO)[C@H](C(=O)Nc3ccc(OC)cc3)[C@H]2C=C[C@H]1CC.